The van der Waals surface area contributed by atoms with Gasteiger partial charge in [0.1, 0.15) is 5.75 Å². The fourth-order valence-corrected chi connectivity index (χ4v) is 1.27. The molecule has 0 aliphatic heterocycles. The minimum Gasteiger partial charge on any atom is -0.493 e. The monoisotopic (exact) mass is 224 g/mol. The van der Waals surface area contributed by atoms with E-state index in [9.17, 15) is 0 Å². The molecule has 0 heterocycles. The molecule has 0 radical (unpaired) electrons. The minimum atomic E-state index is 0.124. The Balaban J connectivity index is 2.69. The molecule has 0 amide bonds. The molecule has 1 aromatic carbocycles. The van der Waals surface area contributed by atoms with Crippen LogP contribution in [0.3, 0.4) is 0 Å². The number of hydrogen-bond acceptors (Lipinski definition) is 2. The molecule has 1 rings (SSSR count). The van der Waals surface area contributed by atoms with E-state index in [2.05, 4.69) is 58.5 Å². The third kappa shape index (κ3) is 3.78. The second-order valence-electron chi connectivity index (χ2n) is 4.88. The van der Waals surface area contributed by atoms with Gasteiger partial charge in [0, 0.05) is 5.41 Å². The number of aryl methyl sites for hydroxylation is 2. The summed E-state index contributed by atoms with van der Waals surface area (Å²) in [5, 5.41) is 0. The summed E-state index contributed by atoms with van der Waals surface area (Å²) in [6, 6.07) is 6.29. The maximum Gasteiger partial charge on any atom is 0.122 e. The number of benzene rings is 1. The average Bonchev–Trinajstić information content (AvgIpc) is 2.20. The SMILES string of the molecule is Cc1ccc(C)c(OCC(C)(C)CS)c1. The van der Waals surface area contributed by atoms with Crippen LogP contribution in [0.15, 0.2) is 18.2 Å². The Morgan fingerprint density at radius 3 is 2.53 bits per heavy atom. The molecular weight excluding hydrogens is 204 g/mol. The van der Waals surface area contributed by atoms with Gasteiger partial charge in [-0.1, -0.05) is 26.0 Å². The van der Waals surface area contributed by atoms with Crippen molar-refractivity contribution in [2.24, 2.45) is 5.41 Å². The molecule has 2 heteroatoms. The summed E-state index contributed by atoms with van der Waals surface area (Å²) in [5.74, 6) is 1.82. The highest BCUT2D eigenvalue weighted by Gasteiger charge is 2.16. The zero-order valence-electron chi connectivity index (χ0n) is 10.0. The van der Waals surface area contributed by atoms with Gasteiger partial charge in [0.2, 0.25) is 0 Å². The molecule has 0 spiro atoms. The molecule has 0 atom stereocenters. The van der Waals surface area contributed by atoms with Crippen molar-refractivity contribution in [3.63, 3.8) is 0 Å². The first-order valence-corrected chi connectivity index (χ1v) is 5.89. The van der Waals surface area contributed by atoms with Crippen molar-refractivity contribution in [2.75, 3.05) is 12.4 Å². The molecule has 15 heavy (non-hydrogen) atoms. The summed E-state index contributed by atoms with van der Waals surface area (Å²) in [4.78, 5) is 0. The Morgan fingerprint density at radius 2 is 1.93 bits per heavy atom. The smallest absolute Gasteiger partial charge is 0.122 e. The van der Waals surface area contributed by atoms with Gasteiger partial charge in [-0.25, -0.2) is 0 Å². The fourth-order valence-electron chi connectivity index (χ4n) is 1.18. The second-order valence-corrected chi connectivity index (χ2v) is 5.20. The van der Waals surface area contributed by atoms with Crippen LogP contribution in [0.1, 0.15) is 25.0 Å². The Bertz CT molecular complexity index is 331. The van der Waals surface area contributed by atoms with Gasteiger partial charge in [0.15, 0.2) is 0 Å². The number of hydrogen-bond donors (Lipinski definition) is 1. The Morgan fingerprint density at radius 1 is 1.27 bits per heavy atom. The Labute approximate surface area is 98.3 Å². The maximum absolute atomic E-state index is 5.82. The van der Waals surface area contributed by atoms with E-state index in [1.165, 1.54) is 11.1 Å². The molecule has 0 aliphatic rings. The van der Waals surface area contributed by atoms with Gasteiger partial charge >= 0.3 is 0 Å². The van der Waals surface area contributed by atoms with Gasteiger partial charge in [-0.3, -0.25) is 0 Å². The second kappa shape index (κ2) is 4.93. The Hall–Kier alpha value is -0.630. The van der Waals surface area contributed by atoms with Crippen molar-refractivity contribution in [1.82, 2.24) is 0 Å². The quantitative estimate of drug-likeness (QED) is 0.768. The summed E-state index contributed by atoms with van der Waals surface area (Å²) < 4.78 is 5.82. The molecule has 1 nitrogen and oxygen atoms in total. The molecule has 0 aliphatic carbocycles. The normalized spacial score (nSPS) is 11.5. The largest absolute Gasteiger partial charge is 0.493 e. The number of thiol groups is 1. The van der Waals surface area contributed by atoms with Crippen LogP contribution < -0.4 is 4.74 Å². The van der Waals surface area contributed by atoms with E-state index in [1.807, 2.05) is 0 Å². The fraction of sp³-hybridized carbons (Fsp3) is 0.538. The molecule has 0 N–H and O–H groups in total. The third-order valence-corrected chi connectivity index (χ3v) is 3.25. The molecule has 0 unspecified atom stereocenters. The van der Waals surface area contributed by atoms with Gasteiger partial charge < -0.3 is 4.74 Å². The van der Waals surface area contributed by atoms with Crippen LogP contribution in [0.4, 0.5) is 0 Å². The summed E-state index contributed by atoms with van der Waals surface area (Å²) >= 11 is 4.31. The molecule has 0 saturated carbocycles. The maximum atomic E-state index is 5.82. The van der Waals surface area contributed by atoms with E-state index >= 15 is 0 Å². The highest BCUT2D eigenvalue weighted by molar-refractivity contribution is 7.80. The summed E-state index contributed by atoms with van der Waals surface area (Å²) in [6.07, 6.45) is 0. The van der Waals surface area contributed by atoms with Crippen molar-refractivity contribution >= 4 is 12.6 Å². The van der Waals surface area contributed by atoms with Crippen LogP contribution in [0, 0.1) is 19.3 Å². The van der Waals surface area contributed by atoms with E-state index in [0.717, 1.165) is 11.5 Å². The lowest BCUT2D eigenvalue weighted by Gasteiger charge is -2.23. The Kier molecular flexibility index (Phi) is 4.09. The lowest BCUT2D eigenvalue weighted by Crippen LogP contribution is -2.23. The summed E-state index contributed by atoms with van der Waals surface area (Å²) in [5.41, 5.74) is 2.55. The van der Waals surface area contributed by atoms with E-state index < -0.39 is 0 Å². The molecular formula is C13H20OS. The third-order valence-electron chi connectivity index (χ3n) is 2.39. The standard InChI is InChI=1S/C13H20OS/c1-10-5-6-11(2)12(7-10)14-8-13(3,4)9-15/h5-7,15H,8-9H2,1-4H3. The van der Waals surface area contributed by atoms with Crippen molar-refractivity contribution in [3.05, 3.63) is 29.3 Å². The van der Waals surface area contributed by atoms with Gasteiger partial charge in [-0.05, 0) is 36.8 Å². The summed E-state index contributed by atoms with van der Waals surface area (Å²) in [6.45, 7) is 9.18. The van der Waals surface area contributed by atoms with Crippen LogP contribution in [-0.4, -0.2) is 12.4 Å². The van der Waals surface area contributed by atoms with Crippen molar-refractivity contribution in [3.8, 4) is 5.75 Å². The molecule has 0 aromatic heterocycles. The van der Waals surface area contributed by atoms with E-state index in [0.29, 0.717) is 6.61 Å². The molecule has 0 bridgehead atoms. The molecule has 84 valence electrons. The first kappa shape index (κ1) is 12.4. The van der Waals surface area contributed by atoms with Gasteiger partial charge in [-0.15, -0.1) is 0 Å². The minimum absolute atomic E-state index is 0.124. The zero-order valence-corrected chi connectivity index (χ0v) is 10.9. The van der Waals surface area contributed by atoms with Crippen molar-refractivity contribution in [1.29, 1.82) is 0 Å². The predicted octanol–water partition coefficient (Wildman–Crippen LogP) is 3.64. The van der Waals surface area contributed by atoms with Crippen molar-refractivity contribution in [2.45, 2.75) is 27.7 Å². The zero-order chi connectivity index (χ0) is 11.5. The van der Waals surface area contributed by atoms with E-state index in [4.69, 9.17) is 4.74 Å². The lowest BCUT2D eigenvalue weighted by atomic mass is 9.98. The highest BCUT2D eigenvalue weighted by atomic mass is 32.1. The lowest BCUT2D eigenvalue weighted by molar-refractivity contribution is 0.201. The predicted molar refractivity (Wildman–Crippen MR) is 69.0 cm³/mol. The molecule has 0 saturated heterocycles. The van der Waals surface area contributed by atoms with E-state index in [1.54, 1.807) is 0 Å². The highest BCUT2D eigenvalue weighted by Crippen LogP contribution is 2.23. The van der Waals surface area contributed by atoms with Crippen LogP contribution in [0.25, 0.3) is 0 Å². The number of ether oxygens (including phenoxy) is 1. The van der Waals surface area contributed by atoms with Crippen LogP contribution >= 0.6 is 12.6 Å². The van der Waals surface area contributed by atoms with Gasteiger partial charge in [0.05, 0.1) is 6.61 Å². The number of rotatable bonds is 4. The topological polar surface area (TPSA) is 9.23 Å². The van der Waals surface area contributed by atoms with Crippen LogP contribution in [0.2, 0.25) is 0 Å². The first-order valence-electron chi connectivity index (χ1n) is 5.25. The van der Waals surface area contributed by atoms with E-state index in [-0.39, 0.29) is 5.41 Å². The first-order chi connectivity index (χ1) is 6.94. The average molecular weight is 224 g/mol. The van der Waals surface area contributed by atoms with Crippen LogP contribution in [0.5, 0.6) is 5.75 Å². The van der Waals surface area contributed by atoms with Gasteiger partial charge in [-0.2, -0.15) is 12.6 Å². The summed E-state index contributed by atoms with van der Waals surface area (Å²) in [7, 11) is 0. The van der Waals surface area contributed by atoms with Crippen LogP contribution in [-0.2, 0) is 0 Å². The molecule has 1 aromatic rings. The molecule has 0 fully saturated rings. The van der Waals surface area contributed by atoms with Crippen molar-refractivity contribution < 1.29 is 4.74 Å². The van der Waals surface area contributed by atoms with Gasteiger partial charge in [0.25, 0.3) is 0 Å².